The second-order valence-corrected chi connectivity index (χ2v) is 7.93. The van der Waals surface area contributed by atoms with Gasteiger partial charge in [-0.25, -0.2) is 8.42 Å². The van der Waals surface area contributed by atoms with Gasteiger partial charge in [0.2, 0.25) is 5.91 Å². The number of rotatable bonds is 5. The van der Waals surface area contributed by atoms with Crippen LogP contribution in [0, 0.1) is 30.6 Å². The molecule has 1 aromatic carbocycles. The fraction of sp³-hybridized carbons (Fsp3) is 0.375. The van der Waals surface area contributed by atoms with E-state index in [2.05, 4.69) is 5.43 Å². The van der Waals surface area contributed by atoms with Gasteiger partial charge in [0.15, 0.2) is 0 Å². The van der Waals surface area contributed by atoms with Crippen molar-refractivity contribution in [2.75, 3.05) is 0 Å². The number of hydrogen-bond donors (Lipinski definition) is 3. The summed E-state index contributed by atoms with van der Waals surface area (Å²) in [5, 5.41) is 9.33. The molecule has 2 bridgehead atoms. The molecule has 3 N–H and O–H groups in total. The fourth-order valence-corrected chi connectivity index (χ4v) is 4.34. The number of carbonyl (C=O) groups is 2. The van der Waals surface area contributed by atoms with Crippen LogP contribution in [0.2, 0.25) is 0 Å². The zero-order chi connectivity index (χ0) is 17.5. The number of allylic oxidation sites excluding steroid dienone is 2. The van der Waals surface area contributed by atoms with Crippen LogP contribution in [-0.4, -0.2) is 25.4 Å². The molecule has 0 aliphatic heterocycles. The van der Waals surface area contributed by atoms with Gasteiger partial charge >= 0.3 is 5.97 Å². The number of hydrogen-bond acceptors (Lipinski definition) is 4. The number of hydrazine groups is 1. The van der Waals surface area contributed by atoms with Crippen LogP contribution in [-0.2, 0) is 19.6 Å². The first-order valence-corrected chi connectivity index (χ1v) is 9.07. The molecule has 128 valence electrons. The Morgan fingerprint density at radius 1 is 1.08 bits per heavy atom. The van der Waals surface area contributed by atoms with Crippen LogP contribution in [0.4, 0.5) is 0 Å². The molecule has 1 amide bonds. The maximum Gasteiger partial charge on any atom is 0.307 e. The van der Waals surface area contributed by atoms with Crippen LogP contribution in [0.15, 0.2) is 41.3 Å². The summed E-state index contributed by atoms with van der Waals surface area (Å²) in [6, 6.07) is 6.17. The molecule has 24 heavy (non-hydrogen) atoms. The van der Waals surface area contributed by atoms with E-state index in [4.69, 9.17) is 0 Å². The summed E-state index contributed by atoms with van der Waals surface area (Å²) in [6.45, 7) is 1.83. The molecule has 8 heteroatoms. The predicted molar refractivity (Wildman–Crippen MR) is 85.0 cm³/mol. The van der Waals surface area contributed by atoms with Crippen LogP contribution < -0.4 is 10.3 Å². The van der Waals surface area contributed by atoms with Gasteiger partial charge in [-0.15, -0.1) is 4.83 Å². The first kappa shape index (κ1) is 16.7. The summed E-state index contributed by atoms with van der Waals surface area (Å²) in [5.74, 6) is -3.57. The second kappa shape index (κ2) is 6.03. The van der Waals surface area contributed by atoms with Crippen molar-refractivity contribution in [2.24, 2.45) is 23.7 Å². The number of amides is 1. The van der Waals surface area contributed by atoms with E-state index in [1.165, 1.54) is 12.1 Å². The summed E-state index contributed by atoms with van der Waals surface area (Å²) in [5.41, 5.74) is 3.09. The molecule has 0 radical (unpaired) electrons. The molecular formula is C16H18N2O5S. The minimum absolute atomic E-state index is 0.0241. The van der Waals surface area contributed by atoms with Gasteiger partial charge in [0.25, 0.3) is 10.0 Å². The number of carbonyl (C=O) groups excluding carboxylic acids is 1. The van der Waals surface area contributed by atoms with Crippen LogP contribution in [0.3, 0.4) is 0 Å². The zero-order valence-electron chi connectivity index (χ0n) is 13.0. The number of aliphatic carboxylic acids is 1. The lowest BCUT2D eigenvalue weighted by Crippen LogP contribution is -2.48. The van der Waals surface area contributed by atoms with Crippen molar-refractivity contribution in [3.05, 3.63) is 42.0 Å². The van der Waals surface area contributed by atoms with Crippen molar-refractivity contribution in [3.8, 4) is 0 Å². The number of fused-ring (bicyclic) bond motifs is 2. The van der Waals surface area contributed by atoms with Gasteiger partial charge in [-0.3, -0.25) is 15.0 Å². The Morgan fingerprint density at radius 2 is 1.67 bits per heavy atom. The Balaban J connectivity index is 1.70. The van der Waals surface area contributed by atoms with E-state index in [-0.39, 0.29) is 16.7 Å². The summed E-state index contributed by atoms with van der Waals surface area (Å²) in [7, 11) is -3.90. The number of sulfonamides is 1. The lowest BCUT2D eigenvalue weighted by atomic mass is 9.82. The Kier molecular flexibility index (Phi) is 4.18. The highest BCUT2D eigenvalue weighted by atomic mass is 32.2. The third-order valence-electron chi connectivity index (χ3n) is 4.69. The largest absolute Gasteiger partial charge is 0.481 e. The molecule has 3 rings (SSSR count). The summed E-state index contributed by atoms with van der Waals surface area (Å²) < 4.78 is 24.4. The Morgan fingerprint density at radius 3 is 2.25 bits per heavy atom. The fourth-order valence-electron chi connectivity index (χ4n) is 3.49. The van der Waals surface area contributed by atoms with Crippen LogP contribution in [0.5, 0.6) is 0 Å². The molecule has 1 saturated carbocycles. The number of nitrogens with one attached hydrogen (secondary N) is 2. The Bertz CT molecular complexity index is 800. The van der Waals surface area contributed by atoms with Gasteiger partial charge < -0.3 is 5.11 Å². The first-order chi connectivity index (χ1) is 11.3. The van der Waals surface area contributed by atoms with E-state index in [9.17, 15) is 23.1 Å². The summed E-state index contributed by atoms with van der Waals surface area (Å²) >= 11 is 0. The number of carboxylic acid groups (broad SMARTS) is 1. The van der Waals surface area contributed by atoms with Gasteiger partial charge in [-0.2, -0.15) is 0 Å². The molecule has 1 aromatic rings. The Hall–Kier alpha value is -2.19. The number of carboxylic acids is 1. The number of aryl methyl sites for hydroxylation is 1. The third kappa shape index (κ3) is 2.94. The lowest BCUT2D eigenvalue weighted by molar-refractivity contribution is -0.147. The molecular weight excluding hydrogens is 332 g/mol. The minimum Gasteiger partial charge on any atom is -0.481 e. The smallest absolute Gasteiger partial charge is 0.307 e. The average Bonchev–Trinajstić information content (AvgIpc) is 3.14. The molecule has 0 spiro atoms. The molecule has 0 heterocycles. The summed E-state index contributed by atoms with van der Waals surface area (Å²) in [6.07, 6.45) is 4.27. The van der Waals surface area contributed by atoms with Crippen LogP contribution in [0.1, 0.15) is 12.0 Å². The Labute approximate surface area is 139 Å². The van der Waals surface area contributed by atoms with E-state index in [0.29, 0.717) is 6.42 Å². The third-order valence-corrected chi connectivity index (χ3v) is 5.95. The lowest BCUT2D eigenvalue weighted by Gasteiger charge is -2.23. The zero-order valence-corrected chi connectivity index (χ0v) is 13.8. The minimum atomic E-state index is -3.90. The van der Waals surface area contributed by atoms with Gasteiger partial charge in [-0.1, -0.05) is 29.8 Å². The van der Waals surface area contributed by atoms with Crippen molar-refractivity contribution in [2.45, 2.75) is 18.2 Å². The van der Waals surface area contributed by atoms with Crippen LogP contribution in [0.25, 0.3) is 0 Å². The second-order valence-electron chi connectivity index (χ2n) is 6.25. The highest BCUT2D eigenvalue weighted by molar-refractivity contribution is 7.89. The average molecular weight is 350 g/mol. The van der Waals surface area contributed by atoms with Gasteiger partial charge in [0.05, 0.1) is 16.7 Å². The van der Waals surface area contributed by atoms with Gasteiger partial charge in [0, 0.05) is 0 Å². The maximum absolute atomic E-state index is 12.3. The molecule has 7 nitrogen and oxygen atoms in total. The van der Waals surface area contributed by atoms with E-state index in [0.717, 1.165) is 5.56 Å². The van der Waals surface area contributed by atoms with Crippen LogP contribution >= 0.6 is 0 Å². The quantitative estimate of drug-likeness (QED) is 0.538. The summed E-state index contributed by atoms with van der Waals surface area (Å²) in [4.78, 5) is 25.8. The highest BCUT2D eigenvalue weighted by Gasteiger charge is 2.51. The van der Waals surface area contributed by atoms with E-state index in [1.807, 2.05) is 23.9 Å². The van der Waals surface area contributed by atoms with Crippen molar-refractivity contribution in [1.82, 2.24) is 10.3 Å². The number of benzene rings is 1. The first-order valence-electron chi connectivity index (χ1n) is 7.59. The van der Waals surface area contributed by atoms with Gasteiger partial charge in [-0.05, 0) is 37.3 Å². The molecule has 2 aliphatic carbocycles. The van der Waals surface area contributed by atoms with Crippen molar-refractivity contribution >= 4 is 21.9 Å². The maximum atomic E-state index is 12.3. The van der Waals surface area contributed by atoms with E-state index >= 15 is 0 Å². The normalized spacial score (nSPS) is 28.0. The van der Waals surface area contributed by atoms with Gasteiger partial charge in [0.1, 0.15) is 0 Å². The SMILES string of the molecule is Cc1ccc(S(=O)(=O)NNC(=O)[C@H]2[C@H](C(=O)O)[C@H]3C=C[C@H]2C3)cc1. The topological polar surface area (TPSA) is 113 Å². The molecule has 0 aromatic heterocycles. The van der Waals surface area contributed by atoms with Crippen molar-refractivity contribution < 1.29 is 23.1 Å². The molecule has 0 unspecified atom stereocenters. The van der Waals surface area contributed by atoms with E-state index in [1.54, 1.807) is 12.1 Å². The molecule has 4 atom stereocenters. The standard InChI is InChI=1S/C16H18N2O5S/c1-9-2-6-12(7-3-9)24(22,23)18-17-15(19)13-10-4-5-11(8-10)14(13)16(20)21/h2-7,10-11,13-14,18H,8H2,1H3,(H,17,19)(H,20,21)/t10-,11-,13+,14+/m0/s1. The van der Waals surface area contributed by atoms with Crippen molar-refractivity contribution in [1.29, 1.82) is 0 Å². The van der Waals surface area contributed by atoms with E-state index < -0.39 is 33.7 Å². The highest BCUT2D eigenvalue weighted by Crippen LogP contribution is 2.48. The molecule has 2 aliphatic rings. The van der Waals surface area contributed by atoms with Crippen molar-refractivity contribution in [3.63, 3.8) is 0 Å². The molecule has 1 fully saturated rings. The monoisotopic (exact) mass is 350 g/mol. The molecule has 0 saturated heterocycles. The predicted octanol–water partition coefficient (Wildman–Crippen LogP) is 0.827.